The number of aryl methyl sites for hydroxylation is 2. The Bertz CT molecular complexity index is 590. The van der Waals surface area contributed by atoms with Crippen molar-refractivity contribution in [2.75, 3.05) is 14.2 Å². The number of hydrogen-bond donors (Lipinski definition) is 1. The monoisotopic (exact) mass is 289 g/mol. The van der Waals surface area contributed by atoms with Gasteiger partial charge in [0.2, 0.25) is 5.88 Å². The number of aromatic nitrogens is 2. The number of nitrogens with one attached hydrogen (secondary N) is 1. The van der Waals surface area contributed by atoms with Crippen molar-refractivity contribution in [3.05, 3.63) is 41.1 Å². The molecule has 0 saturated heterocycles. The molecule has 2 rings (SSSR count). The maximum atomic E-state index is 5.41. The summed E-state index contributed by atoms with van der Waals surface area (Å²) in [5.74, 6) is 1.68. The number of methoxy groups -OCH3 is 2. The van der Waals surface area contributed by atoms with E-state index < -0.39 is 0 Å². The van der Waals surface area contributed by atoms with Gasteiger partial charge in [-0.05, 0) is 31.5 Å². The van der Waals surface area contributed by atoms with Crippen molar-refractivity contribution in [3.8, 4) is 11.6 Å². The van der Waals surface area contributed by atoms with Gasteiger partial charge in [-0.2, -0.15) is 5.10 Å². The molecule has 1 atom stereocenters. The predicted molar refractivity (Wildman–Crippen MR) is 82.7 cm³/mol. The Kier molecular flexibility index (Phi) is 4.85. The second kappa shape index (κ2) is 6.63. The first-order valence-corrected chi connectivity index (χ1v) is 7.00. The molecule has 21 heavy (non-hydrogen) atoms. The van der Waals surface area contributed by atoms with Gasteiger partial charge in [0.15, 0.2) is 0 Å². The van der Waals surface area contributed by atoms with E-state index in [0.717, 1.165) is 29.4 Å². The lowest BCUT2D eigenvalue weighted by atomic mass is 10.1. The molecule has 0 radical (unpaired) electrons. The number of nitrogens with zero attached hydrogens (tertiary/aromatic N) is 2. The summed E-state index contributed by atoms with van der Waals surface area (Å²) in [5.41, 5.74) is 3.31. The zero-order valence-corrected chi connectivity index (χ0v) is 13.3. The van der Waals surface area contributed by atoms with Crippen LogP contribution in [0.3, 0.4) is 0 Å². The molecule has 0 amide bonds. The van der Waals surface area contributed by atoms with E-state index in [9.17, 15) is 0 Å². The van der Waals surface area contributed by atoms with E-state index >= 15 is 0 Å². The van der Waals surface area contributed by atoms with Crippen molar-refractivity contribution in [2.45, 2.75) is 26.4 Å². The predicted octanol–water partition coefficient (Wildman–Crippen LogP) is 2.60. The van der Waals surface area contributed by atoms with E-state index in [-0.39, 0.29) is 6.04 Å². The highest BCUT2D eigenvalue weighted by atomic mass is 16.5. The van der Waals surface area contributed by atoms with Crippen LogP contribution in [0.4, 0.5) is 0 Å². The third kappa shape index (κ3) is 3.36. The Balaban J connectivity index is 2.05. The van der Waals surface area contributed by atoms with Crippen LogP contribution in [0.15, 0.2) is 24.3 Å². The smallest absolute Gasteiger partial charge is 0.216 e. The van der Waals surface area contributed by atoms with Crippen LogP contribution in [0.25, 0.3) is 0 Å². The zero-order valence-electron chi connectivity index (χ0n) is 13.3. The van der Waals surface area contributed by atoms with Gasteiger partial charge in [0.05, 0.1) is 25.5 Å². The highest BCUT2D eigenvalue weighted by Crippen LogP contribution is 2.22. The fraction of sp³-hybridized carbons (Fsp3) is 0.438. The first kappa shape index (κ1) is 15.4. The van der Waals surface area contributed by atoms with Crippen LogP contribution in [-0.4, -0.2) is 24.0 Å². The number of benzene rings is 1. The number of ether oxygens (including phenoxy) is 2. The summed E-state index contributed by atoms with van der Waals surface area (Å²) in [6.07, 6.45) is 0. The topological polar surface area (TPSA) is 48.3 Å². The average molecular weight is 289 g/mol. The molecule has 1 aromatic heterocycles. The van der Waals surface area contributed by atoms with E-state index in [4.69, 9.17) is 9.47 Å². The fourth-order valence-corrected chi connectivity index (χ4v) is 2.41. The Morgan fingerprint density at radius 2 is 1.86 bits per heavy atom. The molecule has 1 N–H and O–H groups in total. The van der Waals surface area contributed by atoms with Gasteiger partial charge in [-0.1, -0.05) is 12.1 Å². The average Bonchev–Trinajstić information content (AvgIpc) is 2.78. The van der Waals surface area contributed by atoms with Gasteiger partial charge in [-0.15, -0.1) is 0 Å². The molecule has 0 saturated carbocycles. The quantitative estimate of drug-likeness (QED) is 0.888. The summed E-state index contributed by atoms with van der Waals surface area (Å²) in [6, 6.07) is 8.33. The van der Waals surface area contributed by atoms with Crippen molar-refractivity contribution < 1.29 is 9.47 Å². The molecule has 0 aliphatic carbocycles. The van der Waals surface area contributed by atoms with Crippen LogP contribution in [0.1, 0.15) is 29.8 Å². The van der Waals surface area contributed by atoms with Crippen LogP contribution in [-0.2, 0) is 13.6 Å². The summed E-state index contributed by atoms with van der Waals surface area (Å²) >= 11 is 0. The lowest BCUT2D eigenvalue weighted by Crippen LogP contribution is -2.18. The lowest BCUT2D eigenvalue weighted by Gasteiger charge is -2.15. The van der Waals surface area contributed by atoms with Gasteiger partial charge >= 0.3 is 0 Å². The lowest BCUT2D eigenvalue weighted by molar-refractivity contribution is 0.367. The van der Waals surface area contributed by atoms with E-state index in [0.29, 0.717) is 0 Å². The SMILES string of the molecule is COc1ccc([C@@H](C)NCc2c(C)nn(C)c2OC)cc1. The first-order valence-electron chi connectivity index (χ1n) is 7.00. The molecule has 0 aliphatic rings. The molecule has 5 heteroatoms. The minimum absolute atomic E-state index is 0.236. The fourth-order valence-electron chi connectivity index (χ4n) is 2.41. The molecule has 5 nitrogen and oxygen atoms in total. The second-order valence-electron chi connectivity index (χ2n) is 5.07. The summed E-state index contributed by atoms with van der Waals surface area (Å²) in [5, 5.41) is 7.90. The van der Waals surface area contributed by atoms with Gasteiger partial charge in [0, 0.05) is 19.6 Å². The Morgan fingerprint density at radius 1 is 1.19 bits per heavy atom. The van der Waals surface area contributed by atoms with Crippen molar-refractivity contribution in [3.63, 3.8) is 0 Å². The van der Waals surface area contributed by atoms with Gasteiger partial charge in [-0.25, -0.2) is 4.68 Å². The van der Waals surface area contributed by atoms with Crippen LogP contribution >= 0.6 is 0 Å². The molecule has 114 valence electrons. The maximum Gasteiger partial charge on any atom is 0.216 e. The summed E-state index contributed by atoms with van der Waals surface area (Å²) in [6.45, 7) is 4.85. The van der Waals surface area contributed by atoms with Crippen molar-refractivity contribution in [1.82, 2.24) is 15.1 Å². The summed E-state index contributed by atoms with van der Waals surface area (Å²) in [4.78, 5) is 0. The van der Waals surface area contributed by atoms with Crippen LogP contribution in [0.5, 0.6) is 11.6 Å². The van der Waals surface area contributed by atoms with E-state index in [1.54, 1.807) is 18.9 Å². The summed E-state index contributed by atoms with van der Waals surface area (Å²) < 4.78 is 12.4. The normalized spacial score (nSPS) is 12.2. The minimum Gasteiger partial charge on any atom is -0.497 e. The summed E-state index contributed by atoms with van der Waals surface area (Å²) in [7, 11) is 5.24. The van der Waals surface area contributed by atoms with Crippen LogP contribution < -0.4 is 14.8 Å². The second-order valence-corrected chi connectivity index (χ2v) is 5.07. The molecular weight excluding hydrogens is 266 g/mol. The third-order valence-corrected chi connectivity index (χ3v) is 3.68. The standard InChI is InChI=1S/C16H23N3O2/c1-11(13-6-8-14(20-4)9-7-13)17-10-15-12(2)18-19(3)16(15)21-5/h6-9,11,17H,10H2,1-5H3/t11-/m1/s1. The maximum absolute atomic E-state index is 5.41. The highest BCUT2D eigenvalue weighted by Gasteiger charge is 2.14. The van der Waals surface area contributed by atoms with E-state index in [2.05, 4.69) is 29.5 Å². The molecule has 0 spiro atoms. The highest BCUT2D eigenvalue weighted by molar-refractivity contribution is 5.32. The van der Waals surface area contributed by atoms with Gasteiger partial charge in [0.1, 0.15) is 5.75 Å². The van der Waals surface area contributed by atoms with Crippen LogP contribution in [0, 0.1) is 6.92 Å². The van der Waals surface area contributed by atoms with Crippen molar-refractivity contribution >= 4 is 0 Å². The number of hydrogen-bond acceptors (Lipinski definition) is 4. The number of rotatable bonds is 6. The Hall–Kier alpha value is -2.01. The van der Waals surface area contributed by atoms with Crippen LogP contribution in [0.2, 0.25) is 0 Å². The van der Waals surface area contributed by atoms with Gasteiger partial charge in [-0.3, -0.25) is 0 Å². The Morgan fingerprint density at radius 3 is 2.43 bits per heavy atom. The largest absolute Gasteiger partial charge is 0.497 e. The van der Waals surface area contributed by atoms with Gasteiger partial charge in [0.25, 0.3) is 0 Å². The third-order valence-electron chi connectivity index (χ3n) is 3.68. The molecule has 0 unspecified atom stereocenters. The first-order chi connectivity index (χ1) is 10.1. The molecule has 0 bridgehead atoms. The molecule has 0 aliphatic heterocycles. The van der Waals surface area contributed by atoms with E-state index in [1.165, 1.54) is 5.56 Å². The van der Waals surface area contributed by atoms with Gasteiger partial charge < -0.3 is 14.8 Å². The minimum atomic E-state index is 0.236. The molecule has 2 aromatic rings. The zero-order chi connectivity index (χ0) is 15.4. The Labute approximate surface area is 125 Å². The van der Waals surface area contributed by atoms with Crippen molar-refractivity contribution in [2.24, 2.45) is 7.05 Å². The molecular formula is C16H23N3O2. The molecule has 1 aromatic carbocycles. The van der Waals surface area contributed by atoms with Crippen molar-refractivity contribution in [1.29, 1.82) is 0 Å². The van der Waals surface area contributed by atoms with E-state index in [1.807, 2.05) is 26.1 Å². The molecule has 1 heterocycles. The molecule has 0 fully saturated rings.